The van der Waals surface area contributed by atoms with Crippen LogP contribution in [0.2, 0.25) is 5.28 Å². The summed E-state index contributed by atoms with van der Waals surface area (Å²) in [5, 5.41) is 2.55. The van der Waals surface area contributed by atoms with Gasteiger partial charge in [-0.3, -0.25) is 4.98 Å². The standard InChI is InChI=1S/C22H20ClN5/c1-15-14-20(16-6-2-4-8-18(16)24-15)27-10-12-28(13-11-27)21-17-7-3-5-9-19(17)25-22(23)26-21/h2-9,14H,10-13H2,1H3. The number of rotatable bonds is 2. The molecule has 4 aromatic rings. The Kier molecular flexibility index (Phi) is 4.24. The van der Waals surface area contributed by atoms with Gasteiger partial charge in [0.25, 0.3) is 0 Å². The Morgan fingerprint density at radius 3 is 2.11 bits per heavy atom. The Morgan fingerprint density at radius 1 is 0.750 bits per heavy atom. The molecule has 28 heavy (non-hydrogen) atoms. The summed E-state index contributed by atoms with van der Waals surface area (Å²) in [6.45, 7) is 5.66. The maximum absolute atomic E-state index is 6.18. The van der Waals surface area contributed by atoms with Crippen molar-refractivity contribution in [1.29, 1.82) is 0 Å². The van der Waals surface area contributed by atoms with Crippen molar-refractivity contribution in [2.24, 2.45) is 0 Å². The fourth-order valence-electron chi connectivity index (χ4n) is 3.98. The zero-order chi connectivity index (χ0) is 19.1. The van der Waals surface area contributed by atoms with Crippen molar-refractivity contribution in [2.75, 3.05) is 36.0 Å². The van der Waals surface area contributed by atoms with Gasteiger partial charge in [0.05, 0.1) is 11.0 Å². The molecule has 1 aliphatic rings. The van der Waals surface area contributed by atoms with Crippen LogP contribution in [0.5, 0.6) is 0 Å². The minimum absolute atomic E-state index is 0.298. The first-order chi connectivity index (χ1) is 13.7. The number of fused-ring (bicyclic) bond motifs is 2. The minimum atomic E-state index is 0.298. The van der Waals surface area contributed by atoms with Crippen molar-refractivity contribution >= 4 is 44.9 Å². The molecule has 2 aromatic heterocycles. The average molecular weight is 390 g/mol. The Morgan fingerprint density at radius 2 is 1.36 bits per heavy atom. The van der Waals surface area contributed by atoms with E-state index in [2.05, 4.69) is 62.0 Å². The van der Waals surface area contributed by atoms with E-state index in [0.717, 1.165) is 54.1 Å². The first-order valence-electron chi connectivity index (χ1n) is 9.47. The zero-order valence-corrected chi connectivity index (χ0v) is 16.4. The highest BCUT2D eigenvalue weighted by Gasteiger charge is 2.22. The van der Waals surface area contributed by atoms with Crippen molar-refractivity contribution in [3.63, 3.8) is 0 Å². The van der Waals surface area contributed by atoms with Gasteiger partial charge in [-0.25, -0.2) is 4.98 Å². The molecular formula is C22H20ClN5. The van der Waals surface area contributed by atoms with Gasteiger partial charge in [-0.2, -0.15) is 4.98 Å². The molecule has 1 aliphatic heterocycles. The largest absolute Gasteiger partial charge is 0.367 e. The third kappa shape index (κ3) is 3.02. The van der Waals surface area contributed by atoms with Crippen LogP contribution in [0, 0.1) is 6.92 Å². The molecule has 0 aliphatic carbocycles. The Labute approximate surface area is 168 Å². The molecule has 5 nitrogen and oxygen atoms in total. The molecule has 0 radical (unpaired) electrons. The minimum Gasteiger partial charge on any atom is -0.367 e. The summed E-state index contributed by atoms with van der Waals surface area (Å²) < 4.78 is 0. The second kappa shape index (κ2) is 6.91. The normalized spacial score (nSPS) is 14.8. The van der Waals surface area contributed by atoms with Gasteiger partial charge in [-0.05, 0) is 42.8 Å². The van der Waals surface area contributed by atoms with Crippen molar-refractivity contribution in [1.82, 2.24) is 15.0 Å². The molecule has 0 saturated carbocycles. The smallest absolute Gasteiger partial charge is 0.224 e. The van der Waals surface area contributed by atoms with Gasteiger partial charge in [-0.15, -0.1) is 0 Å². The van der Waals surface area contributed by atoms with E-state index in [1.165, 1.54) is 11.1 Å². The molecule has 1 saturated heterocycles. The number of piperazine rings is 1. The van der Waals surface area contributed by atoms with Gasteiger partial charge in [0.1, 0.15) is 5.82 Å². The number of nitrogens with zero attached hydrogens (tertiary/aromatic N) is 5. The molecule has 0 atom stereocenters. The molecule has 3 heterocycles. The first kappa shape index (κ1) is 17.2. The third-order valence-corrected chi connectivity index (χ3v) is 5.47. The van der Waals surface area contributed by atoms with Crippen LogP contribution in [0.3, 0.4) is 0 Å². The molecule has 0 amide bonds. The molecule has 2 aromatic carbocycles. The predicted molar refractivity (Wildman–Crippen MR) is 115 cm³/mol. The number of hydrogen-bond donors (Lipinski definition) is 0. The number of aryl methyl sites for hydroxylation is 1. The fraction of sp³-hybridized carbons (Fsp3) is 0.227. The van der Waals surface area contributed by atoms with E-state index >= 15 is 0 Å². The summed E-state index contributed by atoms with van der Waals surface area (Å²) >= 11 is 6.18. The molecule has 0 spiro atoms. The monoisotopic (exact) mass is 389 g/mol. The second-order valence-corrected chi connectivity index (χ2v) is 7.45. The topological polar surface area (TPSA) is 45.2 Å². The number of anilines is 2. The van der Waals surface area contributed by atoms with E-state index in [4.69, 9.17) is 11.6 Å². The molecular weight excluding hydrogens is 370 g/mol. The Bertz CT molecular complexity index is 1070. The number of halogens is 1. The van der Waals surface area contributed by atoms with Crippen LogP contribution in [-0.4, -0.2) is 41.1 Å². The van der Waals surface area contributed by atoms with E-state index in [1.807, 2.05) is 24.3 Å². The summed E-state index contributed by atoms with van der Waals surface area (Å²) in [7, 11) is 0. The van der Waals surface area contributed by atoms with E-state index in [9.17, 15) is 0 Å². The maximum Gasteiger partial charge on any atom is 0.224 e. The Hall–Kier alpha value is -2.92. The van der Waals surface area contributed by atoms with Crippen LogP contribution in [0.25, 0.3) is 21.8 Å². The summed E-state index contributed by atoms with van der Waals surface area (Å²) in [5.41, 5.74) is 4.24. The van der Waals surface area contributed by atoms with Crippen LogP contribution >= 0.6 is 11.6 Å². The van der Waals surface area contributed by atoms with Gasteiger partial charge in [0.15, 0.2) is 0 Å². The summed E-state index contributed by atoms with van der Waals surface area (Å²) in [6.07, 6.45) is 0. The lowest BCUT2D eigenvalue weighted by atomic mass is 10.1. The highest BCUT2D eigenvalue weighted by molar-refractivity contribution is 6.28. The van der Waals surface area contributed by atoms with Crippen molar-refractivity contribution in [3.05, 3.63) is 65.6 Å². The molecule has 6 heteroatoms. The van der Waals surface area contributed by atoms with Crippen molar-refractivity contribution in [2.45, 2.75) is 6.92 Å². The number of aromatic nitrogens is 3. The Balaban J connectivity index is 1.45. The molecule has 5 rings (SSSR count). The fourth-order valence-corrected chi connectivity index (χ4v) is 4.15. The van der Waals surface area contributed by atoms with Crippen molar-refractivity contribution < 1.29 is 0 Å². The highest BCUT2D eigenvalue weighted by Crippen LogP contribution is 2.30. The van der Waals surface area contributed by atoms with Gasteiger partial charge in [0, 0.05) is 48.3 Å². The molecule has 1 fully saturated rings. The number of pyridine rings is 1. The predicted octanol–water partition coefficient (Wildman–Crippen LogP) is 4.47. The van der Waals surface area contributed by atoms with Gasteiger partial charge in [-0.1, -0.05) is 30.3 Å². The van der Waals surface area contributed by atoms with Crippen LogP contribution in [0.4, 0.5) is 11.5 Å². The zero-order valence-electron chi connectivity index (χ0n) is 15.6. The third-order valence-electron chi connectivity index (χ3n) is 5.30. The number of benzene rings is 2. The van der Waals surface area contributed by atoms with E-state index in [0.29, 0.717) is 5.28 Å². The van der Waals surface area contributed by atoms with Crippen LogP contribution in [-0.2, 0) is 0 Å². The second-order valence-electron chi connectivity index (χ2n) is 7.11. The van der Waals surface area contributed by atoms with Gasteiger partial charge >= 0.3 is 0 Å². The highest BCUT2D eigenvalue weighted by atomic mass is 35.5. The summed E-state index contributed by atoms with van der Waals surface area (Å²) in [6, 6.07) is 18.6. The molecule has 140 valence electrons. The lowest BCUT2D eigenvalue weighted by Crippen LogP contribution is -2.47. The summed E-state index contributed by atoms with van der Waals surface area (Å²) in [5.74, 6) is 0.922. The lowest BCUT2D eigenvalue weighted by molar-refractivity contribution is 0.650. The summed E-state index contributed by atoms with van der Waals surface area (Å²) in [4.78, 5) is 18.3. The maximum atomic E-state index is 6.18. The average Bonchev–Trinajstić information content (AvgIpc) is 2.72. The molecule has 0 unspecified atom stereocenters. The molecule has 0 N–H and O–H groups in total. The van der Waals surface area contributed by atoms with E-state index in [1.54, 1.807) is 0 Å². The van der Waals surface area contributed by atoms with E-state index in [-0.39, 0.29) is 0 Å². The van der Waals surface area contributed by atoms with Gasteiger partial charge in [0.2, 0.25) is 5.28 Å². The number of para-hydroxylation sites is 2. The van der Waals surface area contributed by atoms with Crippen molar-refractivity contribution in [3.8, 4) is 0 Å². The van der Waals surface area contributed by atoms with Crippen LogP contribution in [0.15, 0.2) is 54.6 Å². The quantitative estimate of drug-likeness (QED) is 0.473. The SMILES string of the molecule is Cc1cc(N2CCN(c3nc(Cl)nc4ccccc34)CC2)c2ccccc2n1. The lowest BCUT2D eigenvalue weighted by Gasteiger charge is -2.37. The molecule has 0 bridgehead atoms. The van der Waals surface area contributed by atoms with Crippen LogP contribution in [0.1, 0.15) is 5.69 Å². The van der Waals surface area contributed by atoms with E-state index < -0.39 is 0 Å². The van der Waals surface area contributed by atoms with Gasteiger partial charge < -0.3 is 9.80 Å². The number of hydrogen-bond acceptors (Lipinski definition) is 5. The first-order valence-corrected chi connectivity index (χ1v) is 9.85. The van der Waals surface area contributed by atoms with Crippen LogP contribution < -0.4 is 9.80 Å².